The van der Waals surface area contributed by atoms with Crippen LogP contribution < -0.4 is 5.32 Å². The molecule has 0 aromatic rings. The Labute approximate surface area is 163 Å². The molecule has 1 N–H and O–H groups in total. The molecule has 0 bridgehead atoms. The van der Waals surface area contributed by atoms with Crippen molar-refractivity contribution in [1.29, 1.82) is 0 Å². The smallest absolute Gasteiger partial charge is 0.407 e. The van der Waals surface area contributed by atoms with Crippen LogP contribution >= 0.6 is 0 Å². The molecule has 1 unspecified atom stereocenters. The molecule has 0 saturated carbocycles. The lowest BCUT2D eigenvalue weighted by molar-refractivity contribution is -0.121. The van der Waals surface area contributed by atoms with Gasteiger partial charge in [0.2, 0.25) is 0 Å². The maximum Gasteiger partial charge on any atom is 0.407 e. The summed E-state index contributed by atoms with van der Waals surface area (Å²) >= 11 is 0. The third-order valence-corrected chi connectivity index (χ3v) is 4.63. The van der Waals surface area contributed by atoms with Crippen molar-refractivity contribution in [3.63, 3.8) is 0 Å². The summed E-state index contributed by atoms with van der Waals surface area (Å²) < 4.78 is 15.6. The fourth-order valence-electron chi connectivity index (χ4n) is 1.80. The first kappa shape index (κ1) is 26.8. The molecule has 1 atom stereocenters. The molecule has 0 aliphatic heterocycles. The van der Waals surface area contributed by atoms with E-state index in [1.807, 2.05) is 40.7 Å². The van der Waals surface area contributed by atoms with E-state index >= 15 is 0 Å². The van der Waals surface area contributed by atoms with Gasteiger partial charge in [0.25, 0.3) is 0 Å². The second-order valence-corrected chi connectivity index (χ2v) is 7.50. The van der Waals surface area contributed by atoms with Crippen LogP contribution in [-0.4, -0.2) is 40.7 Å². The zero-order valence-corrected chi connectivity index (χ0v) is 18.1. The molecule has 6 heteroatoms. The van der Waals surface area contributed by atoms with Crippen molar-refractivity contribution >= 4 is 22.7 Å². The molecule has 0 radical (unpaired) electrons. The van der Waals surface area contributed by atoms with Gasteiger partial charge >= 0.3 is 6.09 Å². The third kappa shape index (κ3) is 16.1. The molecule has 5 nitrogen and oxygen atoms in total. The molecular weight excluding hydrogens is 350 g/mol. The summed E-state index contributed by atoms with van der Waals surface area (Å²) in [5.74, 6) is 1.49. The number of carbonyl (C=O) groups is 2. The Bertz CT molecular complexity index is 477. The standard InChI is InChI=1S/C10H15NO2.C8H16O2S.C2H6.H2/c1-2-13-10(12)11-8-9-6-4-3-5-7-9;1-4-11(10)6-5-8(9)7(2)3;1-2;/h4,6-7H,2-3,5,8H2,1H3,(H,11,12);7H,4-6H2,1-3H3;1-2H3;1H. The van der Waals surface area contributed by atoms with Gasteiger partial charge in [0, 0.05) is 42.6 Å². The molecule has 1 aliphatic rings. The van der Waals surface area contributed by atoms with Crippen molar-refractivity contribution < 1.29 is 20.0 Å². The molecule has 0 heterocycles. The Morgan fingerprint density at radius 2 is 1.92 bits per heavy atom. The average molecular weight is 390 g/mol. The summed E-state index contributed by atoms with van der Waals surface area (Å²) in [5, 5.41) is 2.67. The Balaban J connectivity index is -0.000000382. The second-order valence-electron chi connectivity index (χ2n) is 5.64. The Hall–Kier alpha value is -1.43. The van der Waals surface area contributed by atoms with E-state index in [4.69, 9.17) is 4.74 Å². The number of carbonyl (C=O) groups excluding carboxylic acids is 2. The van der Waals surface area contributed by atoms with E-state index in [-0.39, 0.29) is 19.2 Å². The number of allylic oxidation sites excluding steroid dienone is 2. The molecule has 0 aromatic carbocycles. The van der Waals surface area contributed by atoms with Crippen LogP contribution in [0.4, 0.5) is 4.79 Å². The van der Waals surface area contributed by atoms with Gasteiger partial charge in [-0.1, -0.05) is 52.8 Å². The maximum atomic E-state index is 11.0. The van der Waals surface area contributed by atoms with Crippen molar-refractivity contribution in [2.45, 2.75) is 60.8 Å². The molecule has 0 saturated heterocycles. The number of amides is 1. The summed E-state index contributed by atoms with van der Waals surface area (Å²) in [5.41, 5.74) is 1.15. The fraction of sp³-hybridized carbons (Fsp3) is 0.700. The highest BCUT2D eigenvalue weighted by molar-refractivity contribution is 7.84. The van der Waals surface area contributed by atoms with Gasteiger partial charge in [0.1, 0.15) is 5.78 Å². The van der Waals surface area contributed by atoms with Crippen molar-refractivity contribution in [2.75, 3.05) is 24.7 Å². The van der Waals surface area contributed by atoms with Crippen LogP contribution in [0.15, 0.2) is 23.8 Å². The SMILES string of the molecule is CC.CCOC(=O)NCC1=CCCC=C1.CCS(=O)CCC(=O)C(C)C.[HH]. The van der Waals surface area contributed by atoms with E-state index in [1.54, 1.807) is 6.92 Å². The number of rotatable bonds is 8. The van der Waals surface area contributed by atoms with Crippen molar-refractivity contribution in [3.8, 4) is 0 Å². The van der Waals surface area contributed by atoms with Crippen molar-refractivity contribution in [3.05, 3.63) is 23.8 Å². The summed E-state index contributed by atoms with van der Waals surface area (Å²) in [7, 11) is -0.785. The first-order valence-electron chi connectivity index (χ1n) is 9.54. The van der Waals surface area contributed by atoms with Gasteiger partial charge in [0.15, 0.2) is 0 Å². The number of ketones is 1. The van der Waals surface area contributed by atoms with Crippen LogP contribution in [0.5, 0.6) is 0 Å². The zero-order valence-electron chi connectivity index (χ0n) is 17.3. The number of hydrogen-bond donors (Lipinski definition) is 1. The van der Waals surface area contributed by atoms with Crippen LogP contribution in [0, 0.1) is 5.92 Å². The van der Waals surface area contributed by atoms with Gasteiger partial charge in [-0.25, -0.2) is 4.79 Å². The predicted octanol–water partition coefficient (Wildman–Crippen LogP) is 4.65. The predicted molar refractivity (Wildman–Crippen MR) is 113 cm³/mol. The molecule has 0 fully saturated rings. The Morgan fingerprint density at radius 3 is 2.38 bits per heavy atom. The van der Waals surface area contributed by atoms with E-state index in [0.717, 1.165) is 18.4 Å². The first-order valence-corrected chi connectivity index (χ1v) is 11.0. The number of nitrogens with one attached hydrogen (secondary N) is 1. The summed E-state index contributed by atoms with van der Waals surface area (Å²) in [6.45, 7) is 12.4. The average Bonchev–Trinajstić information content (AvgIpc) is 2.67. The molecule has 26 heavy (non-hydrogen) atoms. The second kappa shape index (κ2) is 18.4. The summed E-state index contributed by atoms with van der Waals surface area (Å²) in [6.07, 6.45) is 8.57. The normalized spacial score (nSPS) is 13.4. The number of alkyl carbamates (subject to hydrolysis) is 1. The van der Waals surface area contributed by atoms with E-state index in [9.17, 15) is 13.8 Å². The van der Waals surface area contributed by atoms with Gasteiger partial charge < -0.3 is 10.1 Å². The van der Waals surface area contributed by atoms with Crippen LogP contribution in [0.1, 0.15) is 62.2 Å². The molecular formula is C20H39NO4S. The molecule has 1 amide bonds. The van der Waals surface area contributed by atoms with Gasteiger partial charge in [-0.2, -0.15) is 0 Å². The fourth-order valence-corrected chi connectivity index (χ4v) is 2.52. The molecule has 1 aliphatic carbocycles. The first-order chi connectivity index (χ1) is 12.4. The van der Waals surface area contributed by atoms with Crippen LogP contribution in [0.3, 0.4) is 0 Å². The third-order valence-electron chi connectivity index (χ3n) is 3.33. The zero-order chi connectivity index (χ0) is 20.4. The Kier molecular flexibility index (Phi) is 18.9. The van der Waals surface area contributed by atoms with Gasteiger partial charge in [-0.05, 0) is 25.3 Å². The van der Waals surface area contributed by atoms with Crippen LogP contribution in [0.2, 0.25) is 0 Å². The van der Waals surface area contributed by atoms with E-state index in [1.165, 1.54) is 0 Å². The molecule has 1 rings (SSSR count). The molecule has 0 spiro atoms. The van der Waals surface area contributed by atoms with Gasteiger partial charge in [-0.3, -0.25) is 9.00 Å². The Morgan fingerprint density at radius 1 is 1.27 bits per heavy atom. The minimum absolute atomic E-state index is 0. The lowest BCUT2D eigenvalue weighted by Crippen LogP contribution is -2.26. The van der Waals surface area contributed by atoms with Crippen molar-refractivity contribution in [2.24, 2.45) is 5.92 Å². The lowest BCUT2D eigenvalue weighted by Gasteiger charge is -2.08. The number of hydrogen-bond acceptors (Lipinski definition) is 4. The topological polar surface area (TPSA) is 72.5 Å². The van der Waals surface area contributed by atoms with E-state index in [0.29, 0.717) is 31.1 Å². The van der Waals surface area contributed by atoms with E-state index in [2.05, 4.69) is 17.5 Å². The largest absolute Gasteiger partial charge is 0.450 e. The minimum Gasteiger partial charge on any atom is -0.450 e. The van der Waals surface area contributed by atoms with Gasteiger partial charge in [-0.15, -0.1) is 0 Å². The molecule has 0 aromatic heterocycles. The summed E-state index contributed by atoms with van der Waals surface area (Å²) in [4.78, 5) is 21.9. The number of Topliss-reactive ketones (excluding diaryl/α,β-unsaturated/α-hetero) is 1. The lowest BCUT2D eigenvalue weighted by atomic mass is 10.1. The van der Waals surface area contributed by atoms with E-state index < -0.39 is 10.8 Å². The molecule has 154 valence electrons. The van der Waals surface area contributed by atoms with Crippen LogP contribution in [-0.2, 0) is 20.3 Å². The summed E-state index contributed by atoms with van der Waals surface area (Å²) in [6, 6.07) is 0. The highest BCUT2D eigenvalue weighted by atomic mass is 32.2. The monoisotopic (exact) mass is 389 g/mol. The van der Waals surface area contributed by atoms with Crippen LogP contribution in [0.25, 0.3) is 0 Å². The number of ether oxygens (including phenoxy) is 1. The minimum atomic E-state index is -0.785. The quantitative estimate of drug-likeness (QED) is 0.656. The highest BCUT2D eigenvalue weighted by Crippen LogP contribution is 2.08. The van der Waals surface area contributed by atoms with Crippen molar-refractivity contribution in [1.82, 2.24) is 5.32 Å². The maximum absolute atomic E-state index is 11.0. The van der Waals surface area contributed by atoms with Gasteiger partial charge in [0.05, 0.1) is 6.61 Å². The highest BCUT2D eigenvalue weighted by Gasteiger charge is 2.07.